The Balaban J connectivity index is 0.00000132. The number of amides is 1. The van der Waals surface area contributed by atoms with Crippen LogP contribution in [0.4, 0.5) is 5.69 Å². The molecule has 1 N–H and O–H groups in total. The molecular weight excluding hydrogens is 341 g/mol. The van der Waals surface area contributed by atoms with Gasteiger partial charge in [-0.1, -0.05) is 0 Å². The SMILES string of the molecule is C[C@H]1OCCN[C@@H]1C(=O)N1CCN(c2cnn(C)c2)CC1.Cl.Cl. The van der Waals surface area contributed by atoms with Gasteiger partial charge in [0, 0.05) is 46.0 Å². The van der Waals surface area contributed by atoms with Gasteiger partial charge in [-0.05, 0) is 6.92 Å². The van der Waals surface area contributed by atoms with Gasteiger partial charge in [-0.3, -0.25) is 9.48 Å². The van der Waals surface area contributed by atoms with E-state index in [0.29, 0.717) is 6.61 Å². The number of hydrogen-bond acceptors (Lipinski definition) is 5. The van der Waals surface area contributed by atoms with Crippen molar-refractivity contribution in [1.29, 1.82) is 0 Å². The Bertz CT molecular complexity index is 505. The van der Waals surface area contributed by atoms with Gasteiger partial charge in [0.05, 0.1) is 24.6 Å². The molecule has 2 fully saturated rings. The van der Waals surface area contributed by atoms with E-state index in [1.807, 2.05) is 31.3 Å². The molecule has 1 amide bonds. The summed E-state index contributed by atoms with van der Waals surface area (Å²) in [4.78, 5) is 16.8. The van der Waals surface area contributed by atoms with E-state index in [9.17, 15) is 4.79 Å². The molecule has 2 atom stereocenters. The molecule has 0 unspecified atom stereocenters. The summed E-state index contributed by atoms with van der Waals surface area (Å²) in [6.07, 6.45) is 3.83. The van der Waals surface area contributed by atoms with Crippen molar-refractivity contribution in [2.45, 2.75) is 19.1 Å². The number of halogens is 2. The molecule has 9 heteroatoms. The molecule has 23 heavy (non-hydrogen) atoms. The Labute approximate surface area is 149 Å². The fraction of sp³-hybridized carbons (Fsp3) is 0.714. The number of rotatable bonds is 2. The number of aromatic nitrogens is 2. The second kappa shape index (κ2) is 8.73. The largest absolute Gasteiger partial charge is 0.375 e. The number of carbonyl (C=O) groups excluding carboxylic acids is 1. The topological polar surface area (TPSA) is 62.6 Å². The first kappa shape index (κ1) is 20.0. The molecule has 132 valence electrons. The first-order valence-corrected chi connectivity index (χ1v) is 7.52. The van der Waals surface area contributed by atoms with E-state index in [2.05, 4.69) is 15.3 Å². The Morgan fingerprint density at radius 2 is 2.00 bits per heavy atom. The Morgan fingerprint density at radius 3 is 2.57 bits per heavy atom. The monoisotopic (exact) mass is 365 g/mol. The molecule has 0 saturated carbocycles. The van der Waals surface area contributed by atoms with Crippen molar-refractivity contribution in [3.05, 3.63) is 12.4 Å². The van der Waals surface area contributed by atoms with E-state index in [1.54, 1.807) is 4.68 Å². The molecule has 2 aliphatic heterocycles. The van der Waals surface area contributed by atoms with Crippen molar-refractivity contribution in [2.24, 2.45) is 7.05 Å². The number of carbonyl (C=O) groups is 1. The number of aryl methyl sites for hydroxylation is 1. The zero-order chi connectivity index (χ0) is 14.8. The highest BCUT2D eigenvalue weighted by Gasteiger charge is 2.33. The molecule has 1 aromatic heterocycles. The van der Waals surface area contributed by atoms with Gasteiger partial charge in [0.2, 0.25) is 5.91 Å². The maximum absolute atomic E-state index is 12.6. The van der Waals surface area contributed by atoms with Gasteiger partial charge in [-0.15, -0.1) is 24.8 Å². The van der Waals surface area contributed by atoms with E-state index in [-0.39, 0.29) is 42.9 Å². The molecule has 1 aromatic rings. The quantitative estimate of drug-likeness (QED) is 0.815. The molecule has 0 bridgehead atoms. The number of anilines is 1. The van der Waals surface area contributed by atoms with Crippen molar-refractivity contribution in [3.8, 4) is 0 Å². The van der Waals surface area contributed by atoms with Crippen LogP contribution in [0.25, 0.3) is 0 Å². The first-order chi connectivity index (χ1) is 10.1. The van der Waals surface area contributed by atoms with Crippen molar-refractivity contribution in [1.82, 2.24) is 20.0 Å². The van der Waals surface area contributed by atoms with E-state index < -0.39 is 0 Å². The number of ether oxygens (including phenoxy) is 1. The number of nitrogens with one attached hydrogen (secondary N) is 1. The van der Waals surface area contributed by atoms with E-state index >= 15 is 0 Å². The Morgan fingerprint density at radius 1 is 1.30 bits per heavy atom. The van der Waals surface area contributed by atoms with Gasteiger partial charge < -0.3 is 19.9 Å². The fourth-order valence-corrected chi connectivity index (χ4v) is 2.96. The predicted octanol–water partition coefficient (Wildman–Crippen LogP) is 0.289. The fourth-order valence-electron chi connectivity index (χ4n) is 2.96. The Hall–Kier alpha value is -1.02. The third-order valence-electron chi connectivity index (χ3n) is 4.23. The van der Waals surface area contributed by atoms with Crippen LogP contribution in [0.1, 0.15) is 6.92 Å². The van der Waals surface area contributed by atoms with Crippen LogP contribution in [-0.4, -0.2) is 72.1 Å². The highest BCUT2D eigenvalue weighted by Crippen LogP contribution is 2.16. The molecule has 0 aromatic carbocycles. The van der Waals surface area contributed by atoms with Crippen LogP contribution in [0.3, 0.4) is 0 Å². The summed E-state index contributed by atoms with van der Waals surface area (Å²) >= 11 is 0. The number of piperazine rings is 1. The van der Waals surface area contributed by atoms with Gasteiger partial charge in [0.15, 0.2) is 0 Å². The second-order valence-electron chi connectivity index (χ2n) is 5.69. The van der Waals surface area contributed by atoms with Crippen LogP contribution >= 0.6 is 24.8 Å². The zero-order valence-electron chi connectivity index (χ0n) is 13.5. The normalized spacial score (nSPS) is 24.6. The van der Waals surface area contributed by atoms with Crippen LogP contribution in [0.5, 0.6) is 0 Å². The summed E-state index contributed by atoms with van der Waals surface area (Å²) in [6.45, 7) is 6.58. The number of nitrogens with zero attached hydrogens (tertiary/aromatic N) is 4. The summed E-state index contributed by atoms with van der Waals surface area (Å²) in [5.74, 6) is 0.160. The van der Waals surface area contributed by atoms with Gasteiger partial charge >= 0.3 is 0 Å². The van der Waals surface area contributed by atoms with E-state index in [0.717, 1.165) is 38.4 Å². The lowest BCUT2D eigenvalue weighted by molar-refractivity contribution is -0.139. The molecule has 2 saturated heterocycles. The summed E-state index contributed by atoms with van der Waals surface area (Å²) < 4.78 is 7.37. The lowest BCUT2D eigenvalue weighted by atomic mass is 10.1. The van der Waals surface area contributed by atoms with Crippen molar-refractivity contribution >= 4 is 36.4 Å². The van der Waals surface area contributed by atoms with Gasteiger partial charge in [-0.25, -0.2) is 0 Å². The highest BCUT2D eigenvalue weighted by molar-refractivity contribution is 5.85. The summed E-state index contributed by atoms with van der Waals surface area (Å²) in [6, 6.07) is -0.205. The van der Waals surface area contributed by atoms with Gasteiger partial charge in [0.25, 0.3) is 0 Å². The molecule has 0 aliphatic carbocycles. The maximum Gasteiger partial charge on any atom is 0.242 e. The summed E-state index contributed by atoms with van der Waals surface area (Å²) in [5, 5.41) is 7.47. The molecular formula is C14H25Cl2N5O2. The van der Waals surface area contributed by atoms with Crippen LogP contribution in [0.15, 0.2) is 12.4 Å². The number of hydrogen-bond donors (Lipinski definition) is 1. The average Bonchev–Trinajstić information content (AvgIpc) is 2.94. The van der Waals surface area contributed by atoms with Gasteiger partial charge in [0.1, 0.15) is 6.04 Å². The van der Waals surface area contributed by atoms with Crippen molar-refractivity contribution in [3.63, 3.8) is 0 Å². The summed E-state index contributed by atoms with van der Waals surface area (Å²) in [7, 11) is 1.92. The van der Waals surface area contributed by atoms with Gasteiger partial charge in [-0.2, -0.15) is 5.10 Å². The molecule has 3 heterocycles. The predicted molar refractivity (Wildman–Crippen MR) is 93.7 cm³/mol. The molecule has 0 spiro atoms. The first-order valence-electron chi connectivity index (χ1n) is 7.52. The van der Waals surface area contributed by atoms with Crippen molar-refractivity contribution < 1.29 is 9.53 Å². The third-order valence-corrected chi connectivity index (χ3v) is 4.23. The van der Waals surface area contributed by atoms with Crippen LogP contribution in [-0.2, 0) is 16.6 Å². The summed E-state index contributed by atoms with van der Waals surface area (Å²) in [5.41, 5.74) is 1.12. The van der Waals surface area contributed by atoms with Crippen molar-refractivity contribution in [2.75, 3.05) is 44.2 Å². The third kappa shape index (κ3) is 4.50. The minimum atomic E-state index is -0.205. The van der Waals surface area contributed by atoms with Crippen LogP contribution in [0.2, 0.25) is 0 Å². The average molecular weight is 366 g/mol. The molecule has 2 aliphatic rings. The van der Waals surface area contributed by atoms with Crippen LogP contribution in [0, 0.1) is 0 Å². The van der Waals surface area contributed by atoms with E-state index in [1.165, 1.54) is 0 Å². The molecule has 7 nitrogen and oxygen atoms in total. The molecule has 0 radical (unpaired) electrons. The number of morpholine rings is 1. The standard InChI is InChI=1S/C14H23N5O2.2ClH/c1-11-13(15-3-8-21-11)14(20)19-6-4-18(5-7-19)12-9-16-17(2)10-12;;/h9-11,13,15H,3-8H2,1-2H3;2*1H/t11-,13+;;/m1../s1. The van der Waals surface area contributed by atoms with E-state index in [4.69, 9.17) is 4.74 Å². The van der Waals surface area contributed by atoms with Crippen LogP contribution < -0.4 is 10.2 Å². The Kier molecular flexibility index (Phi) is 7.60. The minimum Gasteiger partial charge on any atom is -0.375 e. The minimum absolute atomic E-state index is 0. The highest BCUT2D eigenvalue weighted by atomic mass is 35.5. The lowest BCUT2D eigenvalue weighted by Gasteiger charge is -2.39. The second-order valence-corrected chi connectivity index (χ2v) is 5.69. The lowest BCUT2D eigenvalue weighted by Crippen LogP contribution is -2.59. The molecule has 3 rings (SSSR count). The zero-order valence-corrected chi connectivity index (χ0v) is 15.1. The maximum atomic E-state index is 12.6. The smallest absolute Gasteiger partial charge is 0.242 e.